The van der Waals surface area contributed by atoms with Gasteiger partial charge in [0.15, 0.2) is 11.6 Å². The van der Waals surface area contributed by atoms with Crippen molar-refractivity contribution in [2.45, 2.75) is 19.8 Å². The summed E-state index contributed by atoms with van der Waals surface area (Å²) in [6, 6.07) is 6.83. The molecule has 74 valence electrons. The zero-order valence-corrected chi connectivity index (χ0v) is 8.09. The van der Waals surface area contributed by atoms with E-state index < -0.39 is 0 Å². The van der Waals surface area contributed by atoms with Crippen molar-refractivity contribution in [2.24, 2.45) is 0 Å². The number of aryl methyl sites for hydroxylation is 1. The van der Waals surface area contributed by atoms with E-state index in [1.54, 1.807) is 12.1 Å². The third kappa shape index (κ3) is 2.74. The SMILES string of the molecule is CCOc1ccc(CCC#N)cc1F. The first kappa shape index (κ1) is 10.5. The maximum atomic E-state index is 13.3. The van der Waals surface area contributed by atoms with Gasteiger partial charge in [-0.1, -0.05) is 6.07 Å². The fourth-order valence-electron chi connectivity index (χ4n) is 1.17. The molecule has 1 aromatic carbocycles. The minimum Gasteiger partial charge on any atom is -0.491 e. The topological polar surface area (TPSA) is 33.0 Å². The lowest BCUT2D eigenvalue weighted by molar-refractivity contribution is 0.321. The van der Waals surface area contributed by atoms with Gasteiger partial charge in [-0.3, -0.25) is 0 Å². The highest BCUT2D eigenvalue weighted by Crippen LogP contribution is 2.18. The van der Waals surface area contributed by atoms with Crippen LogP contribution in [0.15, 0.2) is 18.2 Å². The molecular weight excluding hydrogens is 181 g/mol. The predicted molar refractivity (Wildman–Crippen MR) is 51.5 cm³/mol. The first-order valence-corrected chi connectivity index (χ1v) is 4.56. The van der Waals surface area contributed by atoms with Gasteiger partial charge in [-0.15, -0.1) is 0 Å². The molecule has 1 aromatic rings. The number of hydrogen-bond donors (Lipinski definition) is 0. The Hall–Kier alpha value is -1.56. The summed E-state index contributed by atoms with van der Waals surface area (Å²) in [5, 5.41) is 8.37. The zero-order chi connectivity index (χ0) is 10.4. The first-order chi connectivity index (χ1) is 6.77. The number of nitriles is 1. The van der Waals surface area contributed by atoms with Crippen molar-refractivity contribution in [1.82, 2.24) is 0 Å². The van der Waals surface area contributed by atoms with Crippen molar-refractivity contribution in [3.63, 3.8) is 0 Å². The van der Waals surface area contributed by atoms with Gasteiger partial charge in [-0.05, 0) is 31.0 Å². The van der Waals surface area contributed by atoms with E-state index in [-0.39, 0.29) is 11.6 Å². The second-order valence-corrected chi connectivity index (χ2v) is 2.86. The van der Waals surface area contributed by atoms with Crippen LogP contribution in [-0.4, -0.2) is 6.61 Å². The second-order valence-electron chi connectivity index (χ2n) is 2.86. The van der Waals surface area contributed by atoms with Crippen molar-refractivity contribution in [3.8, 4) is 11.8 Å². The first-order valence-electron chi connectivity index (χ1n) is 4.56. The molecule has 2 nitrogen and oxygen atoms in total. The molecule has 0 bridgehead atoms. The molecule has 3 heteroatoms. The lowest BCUT2D eigenvalue weighted by atomic mass is 10.1. The third-order valence-corrected chi connectivity index (χ3v) is 1.82. The van der Waals surface area contributed by atoms with Crippen LogP contribution in [0.2, 0.25) is 0 Å². The highest BCUT2D eigenvalue weighted by molar-refractivity contribution is 5.29. The van der Waals surface area contributed by atoms with Crippen molar-refractivity contribution < 1.29 is 9.13 Å². The molecule has 0 atom stereocenters. The molecule has 0 aliphatic heterocycles. The summed E-state index contributed by atoms with van der Waals surface area (Å²) in [5.41, 5.74) is 0.826. The van der Waals surface area contributed by atoms with E-state index >= 15 is 0 Å². The van der Waals surface area contributed by atoms with Crippen LogP contribution in [0.3, 0.4) is 0 Å². The molecule has 14 heavy (non-hydrogen) atoms. The lowest BCUT2D eigenvalue weighted by Crippen LogP contribution is -1.95. The van der Waals surface area contributed by atoms with Crippen molar-refractivity contribution >= 4 is 0 Å². The molecule has 0 saturated heterocycles. The Labute approximate surface area is 82.9 Å². The molecule has 0 aliphatic rings. The Morgan fingerprint density at radius 3 is 2.86 bits per heavy atom. The lowest BCUT2D eigenvalue weighted by Gasteiger charge is -2.05. The van der Waals surface area contributed by atoms with E-state index in [1.807, 2.05) is 13.0 Å². The van der Waals surface area contributed by atoms with Gasteiger partial charge in [0.2, 0.25) is 0 Å². The number of nitrogens with zero attached hydrogens (tertiary/aromatic N) is 1. The van der Waals surface area contributed by atoms with Crippen LogP contribution in [-0.2, 0) is 6.42 Å². The molecule has 0 heterocycles. The average molecular weight is 193 g/mol. The fraction of sp³-hybridized carbons (Fsp3) is 0.364. The van der Waals surface area contributed by atoms with Crippen LogP contribution in [0.25, 0.3) is 0 Å². The minimum absolute atomic E-state index is 0.271. The van der Waals surface area contributed by atoms with Crippen LogP contribution in [0.5, 0.6) is 5.75 Å². The average Bonchev–Trinajstić information content (AvgIpc) is 2.19. The summed E-state index contributed by atoms with van der Waals surface area (Å²) >= 11 is 0. The van der Waals surface area contributed by atoms with E-state index in [1.165, 1.54) is 6.07 Å². The van der Waals surface area contributed by atoms with Gasteiger partial charge < -0.3 is 4.74 Å². The standard InChI is InChI=1S/C11H12FNO/c1-2-14-11-6-5-9(4-3-7-13)8-10(11)12/h5-6,8H,2-4H2,1H3. The number of halogens is 1. The van der Waals surface area contributed by atoms with Crippen LogP contribution in [0, 0.1) is 17.1 Å². The highest BCUT2D eigenvalue weighted by Gasteiger charge is 2.03. The van der Waals surface area contributed by atoms with Gasteiger partial charge in [0, 0.05) is 6.42 Å². The van der Waals surface area contributed by atoms with Crippen molar-refractivity contribution in [1.29, 1.82) is 5.26 Å². The van der Waals surface area contributed by atoms with Gasteiger partial charge in [0.25, 0.3) is 0 Å². The summed E-state index contributed by atoms with van der Waals surface area (Å²) in [6.07, 6.45) is 0.993. The van der Waals surface area contributed by atoms with Crippen molar-refractivity contribution in [2.75, 3.05) is 6.61 Å². The van der Waals surface area contributed by atoms with E-state index in [0.717, 1.165) is 5.56 Å². The van der Waals surface area contributed by atoms with Crippen LogP contribution in [0.4, 0.5) is 4.39 Å². The Morgan fingerprint density at radius 1 is 1.50 bits per heavy atom. The molecule has 0 fully saturated rings. The number of rotatable bonds is 4. The summed E-state index contributed by atoms with van der Waals surface area (Å²) in [6.45, 7) is 2.26. The highest BCUT2D eigenvalue weighted by atomic mass is 19.1. The van der Waals surface area contributed by atoms with Gasteiger partial charge in [0.1, 0.15) is 0 Å². The molecule has 0 spiro atoms. The van der Waals surface area contributed by atoms with Gasteiger partial charge in [0.05, 0.1) is 12.7 Å². The maximum absolute atomic E-state index is 13.3. The Morgan fingerprint density at radius 2 is 2.29 bits per heavy atom. The fourth-order valence-corrected chi connectivity index (χ4v) is 1.17. The van der Waals surface area contributed by atoms with Gasteiger partial charge >= 0.3 is 0 Å². The van der Waals surface area contributed by atoms with Gasteiger partial charge in [-0.2, -0.15) is 5.26 Å². The molecule has 1 rings (SSSR count). The Kier molecular flexibility index (Phi) is 3.93. The smallest absolute Gasteiger partial charge is 0.165 e. The molecule has 0 N–H and O–H groups in total. The quantitative estimate of drug-likeness (QED) is 0.736. The van der Waals surface area contributed by atoms with Crippen molar-refractivity contribution in [3.05, 3.63) is 29.6 Å². The Balaban J connectivity index is 2.74. The third-order valence-electron chi connectivity index (χ3n) is 1.82. The van der Waals surface area contributed by atoms with E-state index in [4.69, 9.17) is 10.00 Å². The second kappa shape index (κ2) is 5.23. The van der Waals surface area contributed by atoms with E-state index in [0.29, 0.717) is 19.4 Å². The molecule has 0 unspecified atom stereocenters. The number of benzene rings is 1. The normalized spacial score (nSPS) is 9.50. The predicted octanol–water partition coefficient (Wildman–Crippen LogP) is 2.68. The molecule has 0 amide bonds. The van der Waals surface area contributed by atoms with E-state index in [2.05, 4.69) is 0 Å². The van der Waals surface area contributed by atoms with Gasteiger partial charge in [-0.25, -0.2) is 4.39 Å². The number of ether oxygens (including phenoxy) is 1. The zero-order valence-electron chi connectivity index (χ0n) is 8.09. The largest absolute Gasteiger partial charge is 0.491 e. The number of hydrogen-bond acceptors (Lipinski definition) is 2. The molecule has 0 radical (unpaired) electrons. The summed E-state index contributed by atoms with van der Waals surface area (Å²) in [7, 11) is 0. The molecule has 0 aliphatic carbocycles. The maximum Gasteiger partial charge on any atom is 0.165 e. The summed E-state index contributed by atoms with van der Waals surface area (Å²) < 4.78 is 18.3. The van der Waals surface area contributed by atoms with Crippen LogP contribution < -0.4 is 4.74 Å². The molecule has 0 saturated carbocycles. The van der Waals surface area contributed by atoms with Crippen LogP contribution in [0.1, 0.15) is 18.9 Å². The summed E-state index contributed by atoms with van der Waals surface area (Å²) in [4.78, 5) is 0. The monoisotopic (exact) mass is 193 g/mol. The van der Waals surface area contributed by atoms with Crippen LogP contribution >= 0.6 is 0 Å². The molecule has 0 aromatic heterocycles. The molecular formula is C11H12FNO. The summed E-state index contributed by atoms with van der Waals surface area (Å²) in [5.74, 6) is -0.0875. The Bertz CT molecular complexity index is 344. The minimum atomic E-state index is -0.359. The van der Waals surface area contributed by atoms with E-state index in [9.17, 15) is 4.39 Å².